The van der Waals surface area contributed by atoms with E-state index in [4.69, 9.17) is 4.74 Å². The molecule has 12 heteroatoms. The van der Waals surface area contributed by atoms with E-state index in [-0.39, 0.29) is 35.8 Å². The quantitative estimate of drug-likeness (QED) is 0.344. The topological polar surface area (TPSA) is 79.7 Å². The molecule has 0 radical (unpaired) electrons. The summed E-state index contributed by atoms with van der Waals surface area (Å²) in [5.41, 5.74) is 0.116. The van der Waals surface area contributed by atoms with Crippen LogP contribution in [-0.4, -0.2) is 64.8 Å². The molecule has 43 heavy (non-hydrogen) atoms. The van der Waals surface area contributed by atoms with Crippen molar-refractivity contribution >= 4 is 17.6 Å². The van der Waals surface area contributed by atoms with Gasteiger partial charge in [0.05, 0.1) is 34.7 Å². The maximum atomic E-state index is 14.0. The number of urea groups is 1. The zero-order chi connectivity index (χ0) is 30.4. The number of para-hydroxylation sites is 1. The van der Waals surface area contributed by atoms with Crippen molar-refractivity contribution in [3.05, 3.63) is 82.9 Å². The number of rotatable bonds is 6. The van der Waals surface area contributed by atoms with E-state index in [2.05, 4.69) is 10.4 Å². The van der Waals surface area contributed by atoms with Crippen LogP contribution in [0.2, 0.25) is 0 Å². The summed E-state index contributed by atoms with van der Waals surface area (Å²) < 4.78 is 62.8. The first kappa shape index (κ1) is 29.2. The number of nitrogens with one attached hydrogen (secondary N) is 1. The van der Waals surface area contributed by atoms with E-state index in [9.17, 15) is 27.2 Å². The van der Waals surface area contributed by atoms with E-state index < -0.39 is 29.1 Å². The predicted molar refractivity (Wildman–Crippen MR) is 150 cm³/mol. The molecule has 6 rings (SSSR count). The number of likely N-dealkylation sites (tertiary alicyclic amines) is 2. The van der Waals surface area contributed by atoms with Gasteiger partial charge in [0.15, 0.2) is 0 Å². The molecule has 228 valence electrons. The number of hydrogen-bond acceptors (Lipinski definition) is 4. The standard InChI is InChI=1S/C31H33F4N5O3/c1-43-30(13-14-30)27-23(28(41)39-15-10-20(19-39)22-6-2-3-7-24(22)31(33,34)35)18-36-40(27)21-11-16-38(17-12-21)29(42)37-26-9-5-4-8-25(26)32/h2-9,18,20-21H,10-17,19H2,1H3,(H,37,42). The lowest BCUT2D eigenvalue weighted by Crippen LogP contribution is -2.42. The molecular weight excluding hydrogens is 566 g/mol. The summed E-state index contributed by atoms with van der Waals surface area (Å²) in [7, 11) is 1.61. The first-order chi connectivity index (χ1) is 20.6. The maximum Gasteiger partial charge on any atom is 0.416 e. The normalized spacial score (nSPS) is 20.3. The fourth-order valence-corrected chi connectivity index (χ4v) is 6.45. The summed E-state index contributed by atoms with van der Waals surface area (Å²) in [6.07, 6.45) is 0.116. The van der Waals surface area contributed by atoms with Gasteiger partial charge in [0, 0.05) is 39.2 Å². The summed E-state index contributed by atoms with van der Waals surface area (Å²) in [5, 5.41) is 7.25. The van der Waals surface area contributed by atoms with Crippen molar-refractivity contribution in [2.45, 2.75) is 55.8 Å². The Hall–Kier alpha value is -3.93. The molecule has 1 N–H and O–H groups in total. The number of ether oxygens (including phenoxy) is 1. The molecule has 3 heterocycles. The van der Waals surface area contributed by atoms with E-state index in [1.165, 1.54) is 24.3 Å². The van der Waals surface area contributed by atoms with Crippen LogP contribution >= 0.6 is 0 Å². The highest BCUT2D eigenvalue weighted by Gasteiger charge is 2.51. The molecule has 1 unspecified atom stereocenters. The van der Waals surface area contributed by atoms with Crippen LogP contribution in [0.25, 0.3) is 0 Å². The molecule has 3 aromatic rings. The van der Waals surface area contributed by atoms with Gasteiger partial charge >= 0.3 is 12.2 Å². The van der Waals surface area contributed by atoms with Crippen LogP contribution in [0.4, 0.5) is 28.0 Å². The van der Waals surface area contributed by atoms with E-state index in [0.717, 1.165) is 18.9 Å². The van der Waals surface area contributed by atoms with E-state index in [1.807, 2.05) is 4.68 Å². The van der Waals surface area contributed by atoms with Crippen LogP contribution in [0.15, 0.2) is 54.7 Å². The van der Waals surface area contributed by atoms with E-state index >= 15 is 0 Å². The Labute approximate surface area is 246 Å². The van der Waals surface area contributed by atoms with Gasteiger partial charge in [-0.25, -0.2) is 9.18 Å². The van der Waals surface area contributed by atoms with Crippen LogP contribution in [0.5, 0.6) is 0 Å². The SMILES string of the molecule is COC1(c2c(C(=O)N3CCC(c4ccccc4C(F)(F)F)C3)cnn2C2CCN(C(=O)Nc3ccccc3F)CC2)CC1. The molecule has 1 aromatic heterocycles. The average Bonchev–Trinajstić information content (AvgIpc) is 3.41. The van der Waals surface area contributed by atoms with Crippen LogP contribution in [0.1, 0.15) is 71.2 Å². The summed E-state index contributed by atoms with van der Waals surface area (Å²) in [4.78, 5) is 29.9. The molecule has 2 saturated heterocycles. The van der Waals surface area contributed by atoms with Gasteiger partial charge in [0.1, 0.15) is 11.4 Å². The van der Waals surface area contributed by atoms with Gasteiger partial charge in [0.2, 0.25) is 0 Å². The lowest BCUT2D eigenvalue weighted by Gasteiger charge is -2.33. The Kier molecular flexibility index (Phi) is 7.66. The van der Waals surface area contributed by atoms with Gasteiger partial charge in [-0.3, -0.25) is 9.48 Å². The highest BCUT2D eigenvalue weighted by molar-refractivity contribution is 5.96. The summed E-state index contributed by atoms with van der Waals surface area (Å²) >= 11 is 0. The number of aromatic nitrogens is 2. The average molecular weight is 600 g/mol. The second-order valence-corrected chi connectivity index (χ2v) is 11.5. The third-order valence-electron chi connectivity index (χ3n) is 8.95. The summed E-state index contributed by atoms with van der Waals surface area (Å²) in [6.45, 7) is 1.36. The molecule has 1 aliphatic carbocycles. The molecule has 1 saturated carbocycles. The molecule has 2 aliphatic heterocycles. The molecule has 8 nitrogen and oxygen atoms in total. The zero-order valence-electron chi connectivity index (χ0n) is 23.7. The Morgan fingerprint density at radius 2 is 1.65 bits per heavy atom. The van der Waals surface area contributed by atoms with Crippen LogP contribution in [0, 0.1) is 5.82 Å². The molecule has 0 bridgehead atoms. The van der Waals surface area contributed by atoms with Crippen molar-refractivity contribution in [1.29, 1.82) is 0 Å². The number of hydrogen-bond donors (Lipinski definition) is 1. The number of alkyl halides is 3. The Balaban J connectivity index is 1.18. The molecule has 3 amide bonds. The van der Waals surface area contributed by atoms with Gasteiger partial charge in [-0.2, -0.15) is 18.3 Å². The van der Waals surface area contributed by atoms with Crippen molar-refractivity contribution < 1.29 is 31.9 Å². The molecular formula is C31H33F4N5O3. The fourth-order valence-electron chi connectivity index (χ4n) is 6.45. The summed E-state index contributed by atoms with van der Waals surface area (Å²) in [5.74, 6) is -1.19. The van der Waals surface area contributed by atoms with Gasteiger partial charge in [-0.05, 0) is 55.9 Å². The second-order valence-electron chi connectivity index (χ2n) is 11.5. The summed E-state index contributed by atoms with van der Waals surface area (Å²) in [6, 6.07) is 11.1. The number of halogens is 4. The predicted octanol–water partition coefficient (Wildman–Crippen LogP) is 6.18. The number of carbonyl (C=O) groups excluding carboxylic acids is 2. The van der Waals surface area contributed by atoms with Crippen molar-refractivity contribution in [2.75, 3.05) is 38.6 Å². The van der Waals surface area contributed by atoms with Gasteiger partial charge in [0.25, 0.3) is 5.91 Å². The number of piperidine rings is 1. The van der Waals surface area contributed by atoms with Crippen molar-refractivity contribution in [3.8, 4) is 0 Å². The van der Waals surface area contributed by atoms with Crippen molar-refractivity contribution in [1.82, 2.24) is 19.6 Å². The van der Waals surface area contributed by atoms with Gasteiger partial charge in [-0.1, -0.05) is 30.3 Å². The van der Waals surface area contributed by atoms with E-state index in [0.29, 0.717) is 50.2 Å². The maximum absolute atomic E-state index is 14.0. The zero-order valence-corrected chi connectivity index (χ0v) is 23.7. The molecule has 2 aromatic carbocycles. The molecule has 3 fully saturated rings. The Morgan fingerprint density at radius 1 is 0.977 bits per heavy atom. The smallest absolute Gasteiger partial charge is 0.372 e. The minimum atomic E-state index is -4.47. The minimum absolute atomic E-state index is 0.0910. The minimum Gasteiger partial charge on any atom is -0.372 e. The van der Waals surface area contributed by atoms with Crippen LogP contribution in [0.3, 0.4) is 0 Å². The third-order valence-corrected chi connectivity index (χ3v) is 8.95. The lowest BCUT2D eigenvalue weighted by molar-refractivity contribution is -0.138. The molecule has 1 atom stereocenters. The number of amides is 3. The number of methoxy groups -OCH3 is 1. The number of anilines is 1. The van der Waals surface area contributed by atoms with Crippen LogP contribution < -0.4 is 5.32 Å². The first-order valence-corrected chi connectivity index (χ1v) is 14.5. The van der Waals surface area contributed by atoms with Gasteiger partial charge in [-0.15, -0.1) is 0 Å². The number of benzene rings is 2. The number of nitrogens with zero attached hydrogens (tertiary/aromatic N) is 4. The Morgan fingerprint density at radius 3 is 2.33 bits per heavy atom. The monoisotopic (exact) mass is 599 g/mol. The fraction of sp³-hybridized carbons (Fsp3) is 0.452. The highest BCUT2D eigenvalue weighted by atomic mass is 19.4. The van der Waals surface area contributed by atoms with Crippen molar-refractivity contribution in [3.63, 3.8) is 0 Å². The largest absolute Gasteiger partial charge is 0.416 e. The Bertz CT molecular complexity index is 1510. The van der Waals surface area contributed by atoms with E-state index in [1.54, 1.807) is 41.3 Å². The van der Waals surface area contributed by atoms with Crippen LogP contribution in [-0.2, 0) is 16.5 Å². The molecule has 0 spiro atoms. The van der Waals surface area contributed by atoms with Gasteiger partial charge < -0.3 is 19.9 Å². The number of carbonyl (C=O) groups is 2. The lowest BCUT2D eigenvalue weighted by atomic mass is 9.93. The highest BCUT2D eigenvalue weighted by Crippen LogP contribution is 2.51. The third kappa shape index (κ3) is 5.60. The first-order valence-electron chi connectivity index (χ1n) is 14.5. The second kappa shape index (κ2) is 11.3. The molecule has 3 aliphatic rings. The van der Waals surface area contributed by atoms with Crippen molar-refractivity contribution in [2.24, 2.45) is 0 Å².